The van der Waals surface area contributed by atoms with E-state index in [0.29, 0.717) is 13.2 Å². The molecule has 2 aliphatic rings. The largest absolute Gasteiger partial charge is 0.379 e. The second-order valence-electron chi connectivity index (χ2n) is 6.42. The molecule has 0 spiro atoms. The van der Waals surface area contributed by atoms with Gasteiger partial charge in [-0.1, -0.05) is 18.2 Å². The van der Waals surface area contributed by atoms with Gasteiger partial charge in [-0.15, -0.1) is 0 Å². The van der Waals surface area contributed by atoms with E-state index in [0.717, 1.165) is 29.3 Å². The number of carbonyl (C=O) groups is 1. The molecular weight excluding hydrogens is 292 g/mol. The van der Waals surface area contributed by atoms with Crippen molar-refractivity contribution in [1.29, 1.82) is 0 Å². The van der Waals surface area contributed by atoms with Crippen molar-refractivity contribution >= 4 is 16.8 Å². The lowest BCUT2D eigenvalue weighted by Crippen LogP contribution is -2.53. The number of methoxy groups -OCH3 is 1. The molecule has 0 unspecified atom stereocenters. The number of morpholine rings is 1. The maximum Gasteiger partial charge on any atom is 0.256 e. The molecule has 1 aliphatic heterocycles. The van der Waals surface area contributed by atoms with Crippen molar-refractivity contribution in [2.24, 2.45) is 7.05 Å². The van der Waals surface area contributed by atoms with Gasteiger partial charge in [0.2, 0.25) is 0 Å². The number of para-hydroxylation sites is 1. The Hall–Kier alpha value is -1.85. The van der Waals surface area contributed by atoms with Crippen LogP contribution >= 0.6 is 0 Å². The summed E-state index contributed by atoms with van der Waals surface area (Å²) in [6, 6.07) is 8.18. The number of hydrogen-bond donors (Lipinski definition) is 0. The Labute approximate surface area is 135 Å². The Kier molecular flexibility index (Phi) is 3.62. The molecule has 1 amide bonds. The van der Waals surface area contributed by atoms with E-state index in [1.165, 1.54) is 0 Å². The minimum atomic E-state index is 0.00711. The molecule has 0 bridgehead atoms. The lowest BCUT2D eigenvalue weighted by molar-refractivity contribution is -0.0946. The highest BCUT2D eigenvalue weighted by Gasteiger charge is 2.45. The van der Waals surface area contributed by atoms with Gasteiger partial charge in [0.1, 0.15) is 6.10 Å². The highest BCUT2D eigenvalue weighted by Crippen LogP contribution is 2.33. The zero-order valence-corrected chi connectivity index (χ0v) is 13.6. The van der Waals surface area contributed by atoms with Crippen molar-refractivity contribution in [2.45, 2.75) is 31.1 Å². The van der Waals surface area contributed by atoms with Crippen molar-refractivity contribution in [1.82, 2.24) is 9.47 Å². The molecule has 2 heterocycles. The first-order valence-corrected chi connectivity index (χ1v) is 8.20. The fourth-order valence-electron chi connectivity index (χ4n) is 4.09. The van der Waals surface area contributed by atoms with Gasteiger partial charge in [0, 0.05) is 37.8 Å². The van der Waals surface area contributed by atoms with E-state index < -0.39 is 0 Å². The quantitative estimate of drug-likeness (QED) is 0.853. The van der Waals surface area contributed by atoms with Crippen LogP contribution in [0.2, 0.25) is 0 Å². The molecule has 4 rings (SSSR count). The molecule has 5 heteroatoms. The molecule has 23 heavy (non-hydrogen) atoms. The average molecular weight is 314 g/mol. The smallest absolute Gasteiger partial charge is 0.256 e. The molecular formula is C18H22N2O3. The van der Waals surface area contributed by atoms with Gasteiger partial charge < -0.3 is 18.9 Å². The summed E-state index contributed by atoms with van der Waals surface area (Å²) in [6.07, 6.45) is 3.95. The molecule has 5 nitrogen and oxygen atoms in total. The minimum Gasteiger partial charge on any atom is -0.379 e. The Morgan fingerprint density at radius 1 is 1.30 bits per heavy atom. The number of aromatic nitrogens is 1. The number of nitrogens with zero attached hydrogens (tertiary/aromatic N) is 2. The lowest BCUT2D eigenvalue weighted by atomic mass is 10.1. The summed E-state index contributed by atoms with van der Waals surface area (Å²) in [6.45, 7) is 1.23. The average Bonchev–Trinajstić information content (AvgIpc) is 3.15. The number of ether oxygens (including phenoxy) is 2. The predicted octanol–water partition coefficient (Wildman–Crippen LogP) is 2.20. The first kappa shape index (κ1) is 14.7. The summed E-state index contributed by atoms with van der Waals surface area (Å²) in [7, 11) is 3.71. The summed E-state index contributed by atoms with van der Waals surface area (Å²) in [4.78, 5) is 15.2. The van der Waals surface area contributed by atoms with E-state index in [1.807, 2.05) is 47.0 Å². The summed E-state index contributed by atoms with van der Waals surface area (Å²) < 4.78 is 13.4. The standard InChI is InChI=1S/C18H22N2O3/c1-19-11-13(12-5-3-4-6-14(12)19)18(21)20-9-10-23-17-15(20)7-8-16(17)22-2/h3-6,11,15-17H,7-10H2,1-2H3/t15-,16-,17+/m0/s1. The Bertz CT molecular complexity index is 739. The SMILES string of the molecule is CO[C@H]1CC[C@H]2[C@H]1OCCN2C(=O)c1cn(C)c2ccccc12. The zero-order valence-electron chi connectivity index (χ0n) is 13.6. The number of benzene rings is 1. The molecule has 3 atom stereocenters. The molecule has 1 aliphatic carbocycles. The zero-order chi connectivity index (χ0) is 16.0. The van der Waals surface area contributed by atoms with Gasteiger partial charge in [-0.3, -0.25) is 4.79 Å². The molecule has 122 valence electrons. The lowest BCUT2D eigenvalue weighted by Gasteiger charge is -2.38. The van der Waals surface area contributed by atoms with Crippen molar-refractivity contribution in [3.05, 3.63) is 36.0 Å². The maximum absolute atomic E-state index is 13.2. The molecule has 1 saturated carbocycles. The first-order valence-electron chi connectivity index (χ1n) is 8.20. The van der Waals surface area contributed by atoms with Crippen molar-refractivity contribution in [3.8, 4) is 0 Å². The molecule has 1 saturated heterocycles. The first-order chi connectivity index (χ1) is 11.2. The van der Waals surface area contributed by atoms with Crippen LogP contribution in [0.3, 0.4) is 0 Å². The summed E-state index contributed by atoms with van der Waals surface area (Å²) in [5, 5.41) is 1.02. The predicted molar refractivity (Wildman–Crippen MR) is 87.5 cm³/mol. The number of carbonyl (C=O) groups excluding carboxylic acids is 1. The summed E-state index contributed by atoms with van der Waals surface area (Å²) in [5.74, 6) is 0.108. The molecule has 0 radical (unpaired) electrons. The fraction of sp³-hybridized carbons (Fsp3) is 0.500. The molecule has 0 N–H and O–H groups in total. The van der Waals surface area contributed by atoms with Crippen LogP contribution in [0.15, 0.2) is 30.5 Å². The van der Waals surface area contributed by atoms with Crippen LogP contribution in [0.25, 0.3) is 10.9 Å². The normalized spacial score (nSPS) is 27.4. The van der Waals surface area contributed by atoms with Gasteiger partial charge in [-0.25, -0.2) is 0 Å². The highest BCUT2D eigenvalue weighted by atomic mass is 16.5. The van der Waals surface area contributed by atoms with Crippen LogP contribution < -0.4 is 0 Å². The molecule has 2 aromatic rings. The Morgan fingerprint density at radius 2 is 2.13 bits per heavy atom. The van der Waals surface area contributed by atoms with E-state index in [-0.39, 0.29) is 24.2 Å². The van der Waals surface area contributed by atoms with Crippen LogP contribution in [0.1, 0.15) is 23.2 Å². The summed E-state index contributed by atoms with van der Waals surface area (Å²) in [5.41, 5.74) is 1.87. The molecule has 1 aromatic carbocycles. The Morgan fingerprint density at radius 3 is 2.96 bits per heavy atom. The molecule has 1 aromatic heterocycles. The third kappa shape index (κ3) is 2.26. The van der Waals surface area contributed by atoms with E-state index in [2.05, 4.69) is 0 Å². The van der Waals surface area contributed by atoms with E-state index in [1.54, 1.807) is 7.11 Å². The number of amides is 1. The third-order valence-electron chi connectivity index (χ3n) is 5.23. The van der Waals surface area contributed by atoms with E-state index in [4.69, 9.17) is 9.47 Å². The number of aryl methyl sites for hydroxylation is 1. The van der Waals surface area contributed by atoms with Gasteiger partial charge in [-0.05, 0) is 18.9 Å². The number of hydrogen-bond acceptors (Lipinski definition) is 3. The van der Waals surface area contributed by atoms with Crippen LogP contribution in [0.5, 0.6) is 0 Å². The van der Waals surface area contributed by atoms with Crippen LogP contribution in [-0.2, 0) is 16.5 Å². The third-order valence-corrected chi connectivity index (χ3v) is 5.23. The van der Waals surface area contributed by atoms with Gasteiger partial charge in [0.05, 0.1) is 24.3 Å². The number of fused-ring (bicyclic) bond motifs is 2. The van der Waals surface area contributed by atoms with Crippen LogP contribution in [0, 0.1) is 0 Å². The fourth-order valence-corrected chi connectivity index (χ4v) is 4.09. The Balaban J connectivity index is 1.68. The van der Waals surface area contributed by atoms with Crippen LogP contribution in [0.4, 0.5) is 0 Å². The maximum atomic E-state index is 13.2. The second-order valence-corrected chi connectivity index (χ2v) is 6.42. The van der Waals surface area contributed by atoms with E-state index in [9.17, 15) is 4.79 Å². The second kappa shape index (κ2) is 5.65. The van der Waals surface area contributed by atoms with Gasteiger partial charge in [0.15, 0.2) is 0 Å². The molecule has 2 fully saturated rings. The number of rotatable bonds is 2. The van der Waals surface area contributed by atoms with Gasteiger partial charge in [0.25, 0.3) is 5.91 Å². The van der Waals surface area contributed by atoms with Crippen LogP contribution in [-0.4, -0.2) is 53.9 Å². The highest BCUT2D eigenvalue weighted by molar-refractivity contribution is 6.07. The summed E-state index contributed by atoms with van der Waals surface area (Å²) >= 11 is 0. The van der Waals surface area contributed by atoms with Crippen molar-refractivity contribution in [2.75, 3.05) is 20.3 Å². The van der Waals surface area contributed by atoms with Crippen molar-refractivity contribution in [3.63, 3.8) is 0 Å². The van der Waals surface area contributed by atoms with E-state index >= 15 is 0 Å². The topological polar surface area (TPSA) is 43.7 Å². The van der Waals surface area contributed by atoms with Crippen molar-refractivity contribution < 1.29 is 14.3 Å². The van der Waals surface area contributed by atoms with Gasteiger partial charge >= 0.3 is 0 Å². The minimum absolute atomic E-state index is 0.00711. The van der Waals surface area contributed by atoms with Gasteiger partial charge in [-0.2, -0.15) is 0 Å². The monoisotopic (exact) mass is 314 g/mol.